The van der Waals surface area contributed by atoms with Crippen LogP contribution in [0.3, 0.4) is 0 Å². The molecule has 0 radical (unpaired) electrons. The lowest BCUT2D eigenvalue weighted by Gasteiger charge is -2.19. The van der Waals surface area contributed by atoms with Crippen LogP contribution in [-0.2, 0) is 12.5 Å². The number of fused-ring (bicyclic) bond motifs is 1. The van der Waals surface area contributed by atoms with Gasteiger partial charge in [0, 0.05) is 29.7 Å². The van der Waals surface area contributed by atoms with Gasteiger partial charge in [-0.1, -0.05) is 26.8 Å². The van der Waals surface area contributed by atoms with Gasteiger partial charge in [-0.3, -0.25) is 0 Å². The molecule has 1 aromatic heterocycles. The van der Waals surface area contributed by atoms with Crippen LogP contribution in [0, 0.1) is 0 Å². The number of hydrogen-bond acceptors (Lipinski definition) is 1. The molecule has 1 N–H and O–H groups in total. The van der Waals surface area contributed by atoms with Crippen molar-refractivity contribution in [1.82, 2.24) is 9.88 Å². The molecule has 2 aromatic rings. The molecule has 0 spiro atoms. The second kappa shape index (κ2) is 4.38. The molecule has 1 aromatic carbocycles. The molecule has 1 fully saturated rings. The van der Waals surface area contributed by atoms with Crippen LogP contribution < -0.4 is 5.32 Å². The van der Waals surface area contributed by atoms with Gasteiger partial charge in [-0.2, -0.15) is 0 Å². The van der Waals surface area contributed by atoms with E-state index in [-0.39, 0.29) is 5.41 Å². The number of hydrogen-bond donors (Lipinski definition) is 1. The van der Waals surface area contributed by atoms with E-state index in [0.717, 1.165) is 6.54 Å². The number of rotatable bonds is 1. The molecule has 1 saturated heterocycles. The predicted molar refractivity (Wildman–Crippen MR) is 81.6 cm³/mol. The number of aromatic nitrogens is 1. The Morgan fingerprint density at radius 2 is 2.00 bits per heavy atom. The summed E-state index contributed by atoms with van der Waals surface area (Å²) >= 11 is 0. The Morgan fingerprint density at radius 1 is 1.21 bits per heavy atom. The number of nitrogens with zero attached hydrogens (tertiary/aromatic N) is 1. The minimum atomic E-state index is 0.218. The summed E-state index contributed by atoms with van der Waals surface area (Å²) in [7, 11) is 2.19. The topological polar surface area (TPSA) is 17.0 Å². The summed E-state index contributed by atoms with van der Waals surface area (Å²) in [6.07, 6.45) is 2.55. The van der Waals surface area contributed by atoms with Crippen molar-refractivity contribution in [3.05, 3.63) is 35.5 Å². The standard InChI is InChI=1S/C17H24N2/c1-17(2,3)13-7-8-15-12(10-13)11-16(19(15)4)14-6-5-9-18-14/h7-8,10-11,14,18H,5-6,9H2,1-4H3. The fourth-order valence-electron chi connectivity index (χ4n) is 3.11. The first-order valence-corrected chi connectivity index (χ1v) is 7.30. The van der Waals surface area contributed by atoms with E-state index in [9.17, 15) is 0 Å². The summed E-state index contributed by atoms with van der Waals surface area (Å²) in [5.74, 6) is 0. The maximum Gasteiger partial charge on any atom is 0.0480 e. The Morgan fingerprint density at radius 3 is 2.63 bits per heavy atom. The fourth-order valence-corrected chi connectivity index (χ4v) is 3.11. The van der Waals surface area contributed by atoms with Crippen molar-refractivity contribution in [2.24, 2.45) is 7.05 Å². The van der Waals surface area contributed by atoms with Crippen molar-refractivity contribution in [2.45, 2.75) is 45.1 Å². The molecular formula is C17H24N2. The molecule has 1 aliphatic rings. The first-order chi connectivity index (χ1) is 8.97. The molecule has 1 aliphatic heterocycles. The Bertz CT molecular complexity index is 595. The highest BCUT2D eigenvalue weighted by Crippen LogP contribution is 2.31. The molecular weight excluding hydrogens is 232 g/mol. The minimum absolute atomic E-state index is 0.218. The summed E-state index contributed by atoms with van der Waals surface area (Å²) in [6.45, 7) is 7.98. The van der Waals surface area contributed by atoms with Gasteiger partial charge in [0.15, 0.2) is 0 Å². The molecule has 19 heavy (non-hydrogen) atoms. The highest BCUT2D eigenvalue weighted by Gasteiger charge is 2.21. The average molecular weight is 256 g/mol. The van der Waals surface area contributed by atoms with Crippen LogP contribution in [0.4, 0.5) is 0 Å². The Kier molecular flexibility index (Phi) is 2.94. The number of benzene rings is 1. The van der Waals surface area contributed by atoms with Crippen molar-refractivity contribution in [2.75, 3.05) is 6.54 Å². The molecule has 0 amide bonds. The van der Waals surface area contributed by atoms with Gasteiger partial charge in [0.2, 0.25) is 0 Å². The molecule has 1 unspecified atom stereocenters. The minimum Gasteiger partial charge on any atom is -0.346 e. The first kappa shape index (κ1) is 12.7. The predicted octanol–water partition coefficient (Wildman–Crippen LogP) is 3.90. The van der Waals surface area contributed by atoms with Crippen molar-refractivity contribution < 1.29 is 0 Å². The zero-order chi connectivity index (χ0) is 13.6. The molecule has 0 bridgehead atoms. The normalized spacial score (nSPS) is 20.3. The van der Waals surface area contributed by atoms with E-state index >= 15 is 0 Å². The molecule has 2 nitrogen and oxygen atoms in total. The van der Waals surface area contributed by atoms with E-state index in [1.54, 1.807) is 0 Å². The summed E-state index contributed by atoms with van der Waals surface area (Å²) in [6, 6.07) is 9.81. The molecule has 0 aliphatic carbocycles. The van der Waals surface area contributed by atoms with Gasteiger partial charge in [-0.25, -0.2) is 0 Å². The van der Waals surface area contributed by atoms with Crippen LogP contribution in [0.1, 0.15) is 50.9 Å². The Balaban J connectivity index is 2.09. The largest absolute Gasteiger partial charge is 0.346 e. The van der Waals surface area contributed by atoms with Crippen molar-refractivity contribution in [1.29, 1.82) is 0 Å². The Labute approximate surface area is 115 Å². The van der Waals surface area contributed by atoms with Gasteiger partial charge in [-0.15, -0.1) is 0 Å². The summed E-state index contributed by atoms with van der Waals surface area (Å²) in [4.78, 5) is 0. The van der Waals surface area contributed by atoms with Crippen LogP contribution in [-0.4, -0.2) is 11.1 Å². The molecule has 2 heterocycles. The monoisotopic (exact) mass is 256 g/mol. The second-order valence-corrected chi connectivity index (χ2v) is 6.80. The van der Waals surface area contributed by atoms with Gasteiger partial charge in [0.25, 0.3) is 0 Å². The smallest absolute Gasteiger partial charge is 0.0480 e. The van der Waals surface area contributed by atoms with Crippen LogP contribution in [0.15, 0.2) is 24.3 Å². The molecule has 3 rings (SSSR count). The van der Waals surface area contributed by atoms with E-state index in [4.69, 9.17) is 0 Å². The number of aryl methyl sites for hydroxylation is 1. The lowest BCUT2D eigenvalue weighted by atomic mass is 9.86. The third kappa shape index (κ3) is 2.18. The van der Waals surface area contributed by atoms with Crippen molar-refractivity contribution in [3.63, 3.8) is 0 Å². The zero-order valence-corrected chi connectivity index (χ0v) is 12.5. The third-order valence-electron chi connectivity index (χ3n) is 4.36. The van der Waals surface area contributed by atoms with Gasteiger partial charge in [-0.05, 0) is 48.6 Å². The van der Waals surface area contributed by atoms with Gasteiger partial charge < -0.3 is 9.88 Å². The van der Waals surface area contributed by atoms with Crippen molar-refractivity contribution >= 4 is 10.9 Å². The molecule has 2 heteroatoms. The van der Waals surface area contributed by atoms with Crippen molar-refractivity contribution in [3.8, 4) is 0 Å². The van der Waals surface area contributed by atoms with E-state index in [1.165, 1.54) is 35.0 Å². The second-order valence-electron chi connectivity index (χ2n) is 6.80. The lowest BCUT2D eigenvalue weighted by Crippen LogP contribution is -2.15. The fraction of sp³-hybridized carbons (Fsp3) is 0.529. The van der Waals surface area contributed by atoms with E-state index in [0.29, 0.717) is 6.04 Å². The highest BCUT2D eigenvalue weighted by atomic mass is 15.0. The van der Waals surface area contributed by atoms with Gasteiger partial charge in [0.1, 0.15) is 0 Å². The lowest BCUT2D eigenvalue weighted by molar-refractivity contribution is 0.591. The number of nitrogens with one attached hydrogen (secondary N) is 1. The molecule has 1 atom stereocenters. The zero-order valence-electron chi connectivity index (χ0n) is 12.5. The van der Waals surface area contributed by atoms with E-state index in [1.807, 2.05) is 0 Å². The quantitative estimate of drug-likeness (QED) is 0.819. The van der Waals surface area contributed by atoms with Crippen LogP contribution in [0.5, 0.6) is 0 Å². The summed E-state index contributed by atoms with van der Waals surface area (Å²) < 4.78 is 2.35. The Hall–Kier alpha value is -1.28. The molecule has 102 valence electrons. The highest BCUT2D eigenvalue weighted by molar-refractivity contribution is 5.82. The average Bonchev–Trinajstić information content (AvgIpc) is 2.96. The van der Waals surface area contributed by atoms with Gasteiger partial charge in [0.05, 0.1) is 0 Å². The van der Waals surface area contributed by atoms with Crippen LogP contribution in [0.25, 0.3) is 10.9 Å². The van der Waals surface area contributed by atoms with Gasteiger partial charge >= 0.3 is 0 Å². The summed E-state index contributed by atoms with van der Waals surface area (Å²) in [5.41, 5.74) is 4.40. The first-order valence-electron chi connectivity index (χ1n) is 7.30. The summed E-state index contributed by atoms with van der Waals surface area (Å²) in [5, 5.41) is 4.97. The maximum absolute atomic E-state index is 3.60. The molecule has 0 saturated carbocycles. The SMILES string of the molecule is Cn1c(C2CCCN2)cc2cc(C(C)(C)C)ccc21. The van der Waals surface area contributed by atoms with Crippen LogP contribution in [0.2, 0.25) is 0 Å². The maximum atomic E-state index is 3.60. The van der Waals surface area contributed by atoms with Crippen LogP contribution >= 0.6 is 0 Å². The van der Waals surface area contributed by atoms with E-state index in [2.05, 4.69) is 62.0 Å². The van der Waals surface area contributed by atoms with E-state index < -0.39 is 0 Å². The third-order valence-corrected chi connectivity index (χ3v) is 4.36.